The number of rotatable bonds is 3. The topological polar surface area (TPSA) is 41.5 Å². The van der Waals surface area contributed by atoms with Gasteiger partial charge in [0.05, 0.1) is 11.1 Å². The van der Waals surface area contributed by atoms with Gasteiger partial charge in [-0.25, -0.2) is 14.2 Å². The molecule has 1 aromatic heterocycles. The maximum atomic E-state index is 13.2. The molecule has 2 aromatic rings. The Morgan fingerprint density at radius 3 is 2.68 bits per heavy atom. The summed E-state index contributed by atoms with van der Waals surface area (Å²) in [6.45, 7) is 0. The van der Waals surface area contributed by atoms with Crippen LogP contribution in [0.3, 0.4) is 0 Å². The van der Waals surface area contributed by atoms with Crippen LogP contribution in [0.1, 0.15) is 15.2 Å². The Hall–Kier alpha value is -2.15. The molecule has 0 aliphatic heterocycles. The van der Waals surface area contributed by atoms with E-state index in [1.165, 1.54) is 18.2 Å². The smallest absolute Gasteiger partial charge is 0.266 e. The first kappa shape index (κ1) is 13.3. The number of nitrogens with zero attached hydrogens (tertiary/aromatic N) is 1. The normalized spacial score (nSPS) is 10.9. The van der Waals surface area contributed by atoms with E-state index in [2.05, 4.69) is 10.5 Å². The van der Waals surface area contributed by atoms with E-state index in [4.69, 9.17) is 0 Å². The summed E-state index contributed by atoms with van der Waals surface area (Å²) in [4.78, 5) is 11.6. The molecule has 0 aliphatic carbocycles. The Morgan fingerprint density at radius 2 is 2.00 bits per heavy atom. The highest BCUT2D eigenvalue weighted by Crippen LogP contribution is 2.14. The summed E-state index contributed by atoms with van der Waals surface area (Å²) in [5, 5.41) is 2.99. The number of carbonyl (C=O) groups is 1. The Labute approximate surface area is 110 Å². The maximum absolute atomic E-state index is 13.2. The van der Waals surface area contributed by atoms with Gasteiger partial charge in [0, 0.05) is 5.56 Å². The van der Waals surface area contributed by atoms with Gasteiger partial charge in [0.25, 0.3) is 5.91 Å². The van der Waals surface area contributed by atoms with Gasteiger partial charge in [-0.1, -0.05) is 12.1 Å². The van der Waals surface area contributed by atoms with Crippen molar-refractivity contribution < 1.29 is 18.0 Å². The summed E-state index contributed by atoms with van der Waals surface area (Å²) in [6.07, 6.45) is 0.972. The molecule has 0 spiro atoms. The van der Waals surface area contributed by atoms with Gasteiger partial charge in [0.2, 0.25) is 0 Å². The second-order valence-electron chi connectivity index (χ2n) is 3.45. The quantitative estimate of drug-likeness (QED) is 0.683. The summed E-state index contributed by atoms with van der Waals surface area (Å²) in [5.41, 5.74) is 1.99. The third-order valence-electron chi connectivity index (χ3n) is 2.15. The molecule has 3 nitrogen and oxygen atoms in total. The van der Waals surface area contributed by atoms with Gasteiger partial charge in [-0.05, 0) is 18.2 Å². The van der Waals surface area contributed by atoms with Crippen molar-refractivity contribution in [2.24, 2.45) is 5.10 Å². The van der Waals surface area contributed by atoms with Gasteiger partial charge >= 0.3 is 0 Å². The van der Waals surface area contributed by atoms with Crippen molar-refractivity contribution in [2.75, 3.05) is 0 Å². The average Bonchev–Trinajstić information content (AvgIpc) is 2.81. The molecule has 0 unspecified atom stereocenters. The zero-order valence-electron chi connectivity index (χ0n) is 9.36. The zero-order valence-corrected chi connectivity index (χ0v) is 10.2. The van der Waals surface area contributed by atoms with Gasteiger partial charge in [0.1, 0.15) is 0 Å². The van der Waals surface area contributed by atoms with Crippen LogP contribution in [-0.4, -0.2) is 12.1 Å². The van der Waals surface area contributed by atoms with E-state index in [-0.39, 0.29) is 10.4 Å². The fourth-order valence-electron chi connectivity index (χ4n) is 1.27. The Balaban J connectivity index is 2.04. The lowest BCUT2D eigenvalue weighted by Crippen LogP contribution is -2.16. The number of thiophene rings is 1. The highest BCUT2D eigenvalue weighted by molar-refractivity contribution is 7.12. The van der Waals surface area contributed by atoms with Crippen LogP contribution in [0.15, 0.2) is 35.4 Å². The molecule has 0 saturated carbocycles. The lowest BCUT2D eigenvalue weighted by molar-refractivity contribution is 0.0959. The molecule has 1 aromatic carbocycles. The Morgan fingerprint density at radius 1 is 1.21 bits per heavy atom. The van der Waals surface area contributed by atoms with Gasteiger partial charge in [-0.3, -0.25) is 4.79 Å². The van der Waals surface area contributed by atoms with Crippen molar-refractivity contribution in [3.63, 3.8) is 0 Å². The third kappa shape index (κ3) is 3.19. The van der Waals surface area contributed by atoms with Crippen molar-refractivity contribution in [3.05, 3.63) is 57.5 Å². The van der Waals surface area contributed by atoms with Crippen LogP contribution in [0.25, 0.3) is 0 Å². The van der Waals surface area contributed by atoms with E-state index in [1.54, 1.807) is 0 Å². The second-order valence-corrected chi connectivity index (χ2v) is 4.48. The van der Waals surface area contributed by atoms with Crippen LogP contribution >= 0.6 is 11.3 Å². The molecule has 1 heterocycles. The van der Waals surface area contributed by atoms with E-state index in [1.807, 2.05) is 0 Å². The number of hydrazone groups is 1. The molecular formula is C12H7F3N2OS. The SMILES string of the molecule is O=C(NN=Cc1cccc(F)c1F)c1ccc(F)s1. The molecule has 2 rings (SSSR count). The number of benzene rings is 1. The Bertz CT molecular complexity index is 640. The fourth-order valence-corrected chi connectivity index (χ4v) is 1.89. The fraction of sp³-hybridized carbons (Fsp3) is 0. The standard InChI is InChI=1S/C12H7F3N2OS/c13-8-3-1-2-7(11(8)15)6-16-17-12(18)9-4-5-10(14)19-9/h1-6H,(H,17,18). The molecule has 0 fully saturated rings. The number of amides is 1. The van der Waals surface area contributed by atoms with Crippen molar-refractivity contribution in [1.29, 1.82) is 0 Å². The van der Waals surface area contributed by atoms with Crippen LogP contribution in [0.5, 0.6) is 0 Å². The van der Waals surface area contributed by atoms with E-state index in [9.17, 15) is 18.0 Å². The molecule has 0 radical (unpaired) electrons. The number of carbonyl (C=O) groups excluding carboxylic acids is 1. The van der Waals surface area contributed by atoms with Crippen LogP contribution in [0.2, 0.25) is 0 Å². The van der Waals surface area contributed by atoms with Crippen LogP contribution in [0.4, 0.5) is 13.2 Å². The van der Waals surface area contributed by atoms with E-state index in [0.717, 1.165) is 18.3 Å². The van der Waals surface area contributed by atoms with E-state index in [0.29, 0.717) is 11.3 Å². The van der Waals surface area contributed by atoms with Crippen molar-refractivity contribution >= 4 is 23.5 Å². The first-order valence-corrected chi connectivity index (χ1v) is 5.92. The maximum Gasteiger partial charge on any atom is 0.281 e. The summed E-state index contributed by atoms with van der Waals surface area (Å²) < 4.78 is 38.8. The predicted molar refractivity (Wildman–Crippen MR) is 65.7 cm³/mol. The molecule has 0 saturated heterocycles. The first-order valence-electron chi connectivity index (χ1n) is 5.10. The highest BCUT2D eigenvalue weighted by atomic mass is 32.1. The molecule has 1 amide bonds. The molecule has 0 bridgehead atoms. The van der Waals surface area contributed by atoms with Crippen molar-refractivity contribution in [1.82, 2.24) is 5.43 Å². The molecule has 0 atom stereocenters. The molecule has 19 heavy (non-hydrogen) atoms. The van der Waals surface area contributed by atoms with Gasteiger partial charge < -0.3 is 0 Å². The lowest BCUT2D eigenvalue weighted by Gasteiger charge is -1.98. The van der Waals surface area contributed by atoms with Gasteiger partial charge in [0.15, 0.2) is 16.8 Å². The summed E-state index contributed by atoms with van der Waals surface area (Å²) in [6, 6.07) is 6.04. The largest absolute Gasteiger partial charge is 0.281 e. The minimum absolute atomic E-state index is 0.0994. The van der Waals surface area contributed by atoms with Crippen molar-refractivity contribution in [3.8, 4) is 0 Å². The number of halogens is 3. The van der Waals surface area contributed by atoms with Gasteiger partial charge in [-0.15, -0.1) is 11.3 Å². The Kier molecular flexibility index (Phi) is 3.96. The minimum atomic E-state index is -1.05. The van der Waals surface area contributed by atoms with E-state index >= 15 is 0 Å². The molecular weight excluding hydrogens is 277 g/mol. The predicted octanol–water partition coefficient (Wildman–Crippen LogP) is 2.93. The molecule has 98 valence electrons. The number of hydrogen-bond acceptors (Lipinski definition) is 3. The van der Waals surface area contributed by atoms with E-state index < -0.39 is 22.7 Å². The van der Waals surface area contributed by atoms with Crippen LogP contribution in [0, 0.1) is 16.8 Å². The highest BCUT2D eigenvalue weighted by Gasteiger charge is 2.08. The lowest BCUT2D eigenvalue weighted by atomic mass is 10.2. The van der Waals surface area contributed by atoms with Crippen LogP contribution < -0.4 is 5.43 Å². The summed E-state index contributed by atoms with van der Waals surface area (Å²) in [7, 11) is 0. The summed E-state index contributed by atoms with van der Waals surface area (Å²) in [5.74, 6) is -2.68. The average molecular weight is 284 g/mol. The van der Waals surface area contributed by atoms with Crippen LogP contribution in [-0.2, 0) is 0 Å². The minimum Gasteiger partial charge on any atom is -0.266 e. The molecule has 7 heteroatoms. The third-order valence-corrected chi connectivity index (χ3v) is 3.02. The first-order chi connectivity index (χ1) is 9.08. The van der Waals surface area contributed by atoms with Crippen molar-refractivity contribution in [2.45, 2.75) is 0 Å². The number of nitrogens with one attached hydrogen (secondary N) is 1. The zero-order chi connectivity index (χ0) is 13.8. The monoisotopic (exact) mass is 284 g/mol. The van der Waals surface area contributed by atoms with Gasteiger partial charge in [-0.2, -0.15) is 9.49 Å². The molecule has 0 aliphatic rings. The molecule has 1 N–H and O–H groups in total. The number of hydrogen-bond donors (Lipinski definition) is 1. The second kappa shape index (κ2) is 5.66. The summed E-state index contributed by atoms with van der Waals surface area (Å²) >= 11 is 0.661.